The molecule has 0 saturated carbocycles. The molecular formula is C18H21N3O4S2. The number of aromatic nitrogens is 3. The fourth-order valence-electron chi connectivity index (χ4n) is 2.77. The van der Waals surface area contributed by atoms with Crippen LogP contribution in [-0.2, 0) is 17.7 Å². The molecule has 7 nitrogen and oxygen atoms in total. The van der Waals surface area contributed by atoms with Gasteiger partial charge in [-0.05, 0) is 23.5 Å². The van der Waals surface area contributed by atoms with Crippen molar-refractivity contribution in [2.24, 2.45) is 0 Å². The monoisotopic (exact) mass is 407 g/mol. The average Bonchev–Trinajstić information content (AvgIpc) is 3.08. The Morgan fingerprint density at radius 1 is 1.26 bits per heavy atom. The van der Waals surface area contributed by atoms with Gasteiger partial charge in [-0.3, -0.25) is 9.36 Å². The second-order valence-electron chi connectivity index (χ2n) is 6.28. The summed E-state index contributed by atoms with van der Waals surface area (Å²) in [7, 11) is 3.17. The van der Waals surface area contributed by atoms with E-state index in [1.165, 1.54) is 11.3 Å². The van der Waals surface area contributed by atoms with Crippen molar-refractivity contribution >= 4 is 32.9 Å². The lowest BCUT2D eigenvalue weighted by Crippen LogP contribution is -2.26. The van der Waals surface area contributed by atoms with Crippen LogP contribution in [-0.4, -0.2) is 39.6 Å². The van der Waals surface area contributed by atoms with Gasteiger partial charge in [-0.1, -0.05) is 13.8 Å². The van der Waals surface area contributed by atoms with Gasteiger partial charge in [0.05, 0.1) is 20.8 Å². The summed E-state index contributed by atoms with van der Waals surface area (Å²) in [5, 5.41) is 0. The van der Waals surface area contributed by atoms with Crippen molar-refractivity contribution in [3.8, 4) is 11.5 Å². The van der Waals surface area contributed by atoms with E-state index in [-0.39, 0.29) is 17.0 Å². The molecule has 3 aromatic rings. The maximum absolute atomic E-state index is 13.1. The molecule has 0 spiro atoms. The van der Waals surface area contributed by atoms with Crippen LogP contribution in [0.4, 0.5) is 0 Å². The van der Waals surface area contributed by atoms with Crippen LogP contribution < -0.4 is 15.0 Å². The van der Waals surface area contributed by atoms with Crippen LogP contribution in [0.1, 0.15) is 31.2 Å². The molecule has 0 bridgehead atoms. The van der Waals surface area contributed by atoms with Crippen molar-refractivity contribution in [2.45, 2.75) is 30.6 Å². The standard InChI is InChI=1S/C18H21N3O4S2/c1-10(2)15-20-16-14(19-18(26-16)27(5)23)17(22)21(15)9-11-6-7-12(24-3)8-13(11)25-4/h6-8,10H,9H2,1-5H3. The highest BCUT2D eigenvalue weighted by Gasteiger charge is 2.21. The molecule has 0 fully saturated rings. The Morgan fingerprint density at radius 3 is 2.59 bits per heavy atom. The highest BCUT2D eigenvalue weighted by atomic mass is 32.2. The van der Waals surface area contributed by atoms with E-state index in [0.29, 0.717) is 33.0 Å². The number of fused-ring (bicyclic) bond motifs is 1. The zero-order valence-corrected chi connectivity index (χ0v) is 17.4. The molecule has 0 amide bonds. The van der Waals surface area contributed by atoms with Crippen molar-refractivity contribution < 1.29 is 14.0 Å². The molecule has 0 radical (unpaired) electrons. The second kappa shape index (κ2) is 7.87. The zero-order valence-electron chi connectivity index (χ0n) is 15.8. The van der Waals surface area contributed by atoms with Crippen LogP contribution in [0.3, 0.4) is 0 Å². The lowest BCUT2D eigenvalue weighted by atomic mass is 10.1. The van der Waals surface area contributed by atoms with Crippen molar-refractivity contribution in [3.63, 3.8) is 0 Å². The summed E-state index contributed by atoms with van der Waals surface area (Å²) in [6.45, 7) is 4.26. The fourth-order valence-corrected chi connectivity index (χ4v) is 4.37. The molecule has 1 unspecified atom stereocenters. The van der Waals surface area contributed by atoms with Crippen molar-refractivity contribution in [2.75, 3.05) is 20.5 Å². The number of ether oxygens (including phenoxy) is 2. The zero-order chi connectivity index (χ0) is 19.7. The number of thiazole rings is 1. The molecule has 1 aromatic carbocycles. The molecule has 3 rings (SSSR count). The lowest BCUT2D eigenvalue weighted by molar-refractivity contribution is 0.389. The van der Waals surface area contributed by atoms with Gasteiger partial charge >= 0.3 is 4.34 Å². The van der Waals surface area contributed by atoms with Gasteiger partial charge in [0.15, 0.2) is 10.3 Å². The van der Waals surface area contributed by atoms with E-state index in [4.69, 9.17) is 9.47 Å². The molecule has 2 heterocycles. The third-order valence-corrected chi connectivity index (χ3v) is 6.40. The minimum atomic E-state index is -1.26. The maximum atomic E-state index is 13.1. The minimum Gasteiger partial charge on any atom is -0.610 e. The average molecular weight is 408 g/mol. The maximum Gasteiger partial charge on any atom is 0.304 e. The minimum absolute atomic E-state index is 0.0315. The lowest BCUT2D eigenvalue weighted by Gasteiger charge is -2.16. The molecule has 144 valence electrons. The first kappa shape index (κ1) is 19.7. The van der Waals surface area contributed by atoms with Crippen LogP contribution in [0.15, 0.2) is 27.3 Å². The van der Waals surface area contributed by atoms with Crippen molar-refractivity contribution in [3.05, 3.63) is 39.9 Å². The summed E-state index contributed by atoms with van der Waals surface area (Å²) in [5.41, 5.74) is 0.842. The van der Waals surface area contributed by atoms with Gasteiger partial charge in [-0.25, -0.2) is 4.98 Å². The van der Waals surface area contributed by atoms with Crippen LogP contribution in [0.5, 0.6) is 11.5 Å². The first-order valence-electron chi connectivity index (χ1n) is 8.31. The van der Waals surface area contributed by atoms with E-state index in [9.17, 15) is 9.35 Å². The third kappa shape index (κ3) is 3.80. The van der Waals surface area contributed by atoms with Crippen LogP contribution in [0.25, 0.3) is 10.3 Å². The highest BCUT2D eigenvalue weighted by molar-refractivity contribution is 7.92. The molecule has 2 aromatic heterocycles. The second-order valence-corrected chi connectivity index (χ2v) is 8.81. The Hall–Kier alpha value is -2.10. The fraction of sp³-hybridized carbons (Fsp3) is 0.389. The first-order chi connectivity index (χ1) is 12.8. The number of nitrogens with zero attached hydrogens (tertiary/aromatic N) is 3. The van der Waals surface area contributed by atoms with E-state index in [1.807, 2.05) is 26.0 Å². The van der Waals surface area contributed by atoms with Crippen LogP contribution in [0, 0.1) is 0 Å². The summed E-state index contributed by atoms with van der Waals surface area (Å²) >= 11 is -0.0535. The number of rotatable bonds is 6. The van der Waals surface area contributed by atoms with Crippen molar-refractivity contribution in [1.82, 2.24) is 14.5 Å². The molecule has 0 saturated heterocycles. The molecule has 0 N–H and O–H groups in total. The molecule has 1 atom stereocenters. The topological polar surface area (TPSA) is 89.3 Å². The molecule has 9 heteroatoms. The van der Waals surface area contributed by atoms with E-state index in [2.05, 4.69) is 9.97 Å². The molecular weight excluding hydrogens is 386 g/mol. The van der Waals surface area contributed by atoms with Gasteiger partial charge in [0.1, 0.15) is 23.6 Å². The van der Waals surface area contributed by atoms with E-state index in [1.54, 1.807) is 31.1 Å². The van der Waals surface area contributed by atoms with Gasteiger partial charge in [-0.15, -0.1) is 0 Å². The SMILES string of the molecule is COc1ccc(Cn2c(C(C)C)nc3sc([S+](C)[O-])nc3c2=O)c(OC)c1. The molecule has 27 heavy (non-hydrogen) atoms. The van der Waals surface area contributed by atoms with E-state index >= 15 is 0 Å². The van der Waals surface area contributed by atoms with Crippen molar-refractivity contribution in [1.29, 1.82) is 0 Å². The summed E-state index contributed by atoms with van der Waals surface area (Å²) in [6, 6.07) is 5.47. The Balaban J connectivity index is 2.17. The number of hydrogen-bond donors (Lipinski definition) is 0. The van der Waals surface area contributed by atoms with E-state index in [0.717, 1.165) is 5.56 Å². The summed E-state index contributed by atoms with van der Waals surface area (Å²) < 4.78 is 24.5. The predicted molar refractivity (Wildman–Crippen MR) is 107 cm³/mol. The number of benzene rings is 1. The van der Waals surface area contributed by atoms with Gasteiger partial charge in [0.25, 0.3) is 5.56 Å². The first-order valence-corrected chi connectivity index (χ1v) is 10.7. The summed E-state index contributed by atoms with van der Waals surface area (Å²) in [5.74, 6) is 1.99. The van der Waals surface area contributed by atoms with Crippen LogP contribution >= 0.6 is 11.3 Å². The quantitative estimate of drug-likeness (QED) is 0.584. The van der Waals surface area contributed by atoms with Gasteiger partial charge < -0.3 is 14.0 Å². The largest absolute Gasteiger partial charge is 0.610 e. The Morgan fingerprint density at radius 2 is 2.00 bits per heavy atom. The summed E-state index contributed by atoms with van der Waals surface area (Å²) in [4.78, 5) is 22.5. The number of methoxy groups -OCH3 is 2. The van der Waals surface area contributed by atoms with Crippen LogP contribution in [0.2, 0.25) is 0 Å². The van der Waals surface area contributed by atoms with E-state index < -0.39 is 11.2 Å². The normalized spacial score (nSPS) is 12.6. The molecule has 0 aliphatic heterocycles. The Bertz CT molecular complexity index is 1030. The van der Waals surface area contributed by atoms with Gasteiger partial charge in [0, 0.05) is 28.7 Å². The predicted octanol–water partition coefficient (Wildman–Crippen LogP) is 2.78. The van der Waals surface area contributed by atoms with Gasteiger partial charge in [0.2, 0.25) is 0 Å². The Kier molecular flexibility index (Phi) is 5.73. The van der Waals surface area contributed by atoms with Gasteiger partial charge in [-0.2, -0.15) is 4.98 Å². The number of hydrogen-bond acceptors (Lipinski definition) is 7. The smallest absolute Gasteiger partial charge is 0.304 e. The highest BCUT2D eigenvalue weighted by Crippen LogP contribution is 2.27. The summed E-state index contributed by atoms with van der Waals surface area (Å²) in [6.07, 6.45) is 1.54. The molecule has 0 aliphatic rings. The Labute approximate surface area is 164 Å². The third-order valence-electron chi connectivity index (χ3n) is 4.12. The molecule has 0 aliphatic carbocycles.